The maximum Gasteiger partial charge on any atom is 0.306 e. The average Bonchev–Trinajstić information content (AvgIpc) is 2.08. The van der Waals surface area contributed by atoms with E-state index in [1.807, 2.05) is 0 Å². The van der Waals surface area contributed by atoms with Gasteiger partial charge in [-0.15, -0.1) is 0 Å². The summed E-state index contributed by atoms with van der Waals surface area (Å²) in [5.41, 5.74) is 0.619. The third-order valence-corrected chi connectivity index (χ3v) is 2.04. The molecule has 0 spiro atoms. The van der Waals surface area contributed by atoms with E-state index in [2.05, 4.69) is 0 Å². The largest absolute Gasteiger partial charge is 0.481 e. The predicted molar refractivity (Wildman–Crippen MR) is 48.3 cm³/mol. The van der Waals surface area contributed by atoms with Crippen LogP contribution in [-0.4, -0.2) is 16.2 Å². The molecule has 0 aliphatic carbocycles. The van der Waals surface area contributed by atoms with Gasteiger partial charge in [0.25, 0.3) is 0 Å². The molecule has 4 heteroatoms. The van der Waals surface area contributed by atoms with Crippen LogP contribution in [0.5, 0.6) is 0 Å². The SMILES string of the molecule is Cc1c(F)cccc1[C@H](O)CC(=O)O. The minimum Gasteiger partial charge on any atom is -0.481 e. The predicted octanol–water partition coefficient (Wildman–Crippen LogP) is 1.64. The van der Waals surface area contributed by atoms with Crippen LogP contribution in [-0.2, 0) is 4.79 Å². The maximum atomic E-state index is 13.0. The third-order valence-electron chi connectivity index (χ3n) is 2.04. The summed E-state index contributed by atoms with van der Waals surface area (Å²) < 4.78 is 13.0. The lowest BCUT2D eigenvalue weighted by atomic mass is 10.0. The van der Waals surface area contributed by atoms with Gasteiger partial charge in [0.2, 0.25) is 0 Å². The van der Waals surface area contributed by atoms with Crippen LogP contribution in [0, 0.1) is 12.7 Å². The topological polar surface area (TPSA) is 57.5 Å². The van der Waals surface area contributed by atoms with E-state index in [1.165, 1.54) is 25.1 Å². The number of carbonyl (C=O) groups is 1. The first-order valence-corrected chi connectivity index (χ1v) is 4.17. The lowest BCUT2D eigenvalue weighted by Crippen LogP contribution is -2.07. The quantitative estimate of drug-likeness (QED) is 0.776. The van der Waals surface area contributed by atoms with Crippen LogP contribution in [0.15, 0.2) is 18.2 Å². The van der Waals surface area contributed by atoms with E-state index in [0.717, 1.165) is 0 Å². The molecule has 0 saturated heterocycles. The summed E-state index contributed by atoms with van der Waals surface area (Å²) in [6, 6.07) is 4.24. The van der Waals surface area contributed by atoms with Crippen LogP contribution in [0.4, 0.5) is 4.39 Å². The van der Waals surface area contributed by atoms with Crippen LogP contribution >= 0.6 is 0 Å². The molecule has 14 heavy (non-hydrogen) atoms. The molecule has 76 valence electrons. The molecule has 2 N–H and O–H groups in total. The van der Waals surface area contributed by atoms with Crippen LogP contribution in [0.3, 0.4) is 0 Å². The Balaban J connectivity index is 2.95. The molecule has 0 bridgehead atoms. The first-order chi connectivity index (χ1) is 6.52. The second-order valence-corrected chi connectivity index (χ2v) is 3.07. The zero-order valence-electron chi connectivity index (χ0n) is 7.70. The normalized spacial score (nSPS) is 12.5. The van der Waals surface area contributed by atoms with Gasteiger partial charge in [-0.1, -0.05) is 12.1 Å². The minimum absolute atomic E-state index is 0.293. The number of carboxylic acids is 1. The first kappa shape index (κ1) is 10.7. The Morgan fingerprint density at radius 1 is 1.57 bits per heavy atom. The Morgan fingerprint density at radius 3 is 2.79 bits per heavy atom. The van der Waals surface area contributed by atoms with Crippen LogP contribution < -0.4 is 0 Å². The van der Waals surface area contributed by atoms with Gasteiger partial charge in [0.05, 0.1) is 12.5 Å². The molecule has 0 aliphatic rings. The van der Waals surface area contributed by atoms with E-state index in [9.17, 15) is 14.3 Å². The number of hydrogen-bond donors (Lipinski definition) is 2. The molecule has 0 aromatic heterocycles. The van der Waals surface area contributed by atoms with E-state index in [1.54, 1.807) is 0 Å². The number of rotatable bonds is 3. The Morgan fingerprint density at radius 2 is 2.21 bits per heavy atom. The van der Waals surface area contributed by atoms with Gasteiger partial charge in [-0.2, -0.15) is 0 Å². The summed E-state index contributed by atoms with van der Waals surface area (Å²) in [7, 11) is 0. The maximum absolute atomic E-state index is 13.0. The number of aliphatic hydroxyl groups excluding tert-OH is 1. The Labute approximate surface area is 80.8 Å². The summed E-state index contributed by atoms with van der Waals surface area (Å²) in [4.78, 5) is 10.3. The summed E-state index contributed by atoms with van der Waals surface area (Å²) in [5.74, 6) is -1.55. The lowest BCUT2D eigenvalue weighted by Gasteiger charge is -2.11. The van der Waals surface area contributed by atoms with Gasteiger partial charge < -0.3 is 10.2 Å². The van der Waals surface area contributed by atoms with Crippen molar-refractivity contribution in [3.8, 4) is 0 Å². The van der Waals surface area contributed by atoms with E-state index < -0.39 is 24.3 Å². The van der Waals surface area contributed by atoms with Gasteiger partial charge >= 0.3 is 5.97 Å². The monoisotopic (exact) mass is 198 g/mol. The van der Waals surface area contributed by atoms with E-state index in [4.69, 9.17) is 5.11 Å². The molecule has 1 aromatic carbocycles. The highest BCUT2D eigenvalue weighted by Gasteiger charge is 2.15. The highest BCUT2D eigenvalue weighted by atomic mass is 19.1. The summed E-state index contributed by atoms with van der Waals surface area (Å²) in [5, 5.41) is 17.9. The van der Waals surface area contributed by atoms with Crippen molar-refractivity contribution in [2.24, 2.45) is 0 Å². The van der Waals surface area contributed by atoms with Crippen molar-refractivity contribution in [1.82, 2.24) is 0 Å². The van der Waals surface area contributed by atoms with Gasteiger partial charge in [0, 0.05) is 0 Å². The molecule has 3 nitrogen and oxygen atoms in total. The fourth-order valence-corrected chi connectivity index (χ4v) is 1.26. The Hall–Kier alpha value is -1.42. The lowest BCUT2D eigenvalue weighted by molar-refractivity contribution is -0.139. The van der Waals surface area contributed by atoms with Crippen LogP contribution in [0.2, 0.25) is 0 Å². The zero-order valence-corrected chi connectivity index (χ0v) is 7.70. The number of hydrogen-bond acceptors (Lipinski definition) is 2. The summed E-state index contributed by atoms with van der Waals surface area (Å²) in [6.07, 6.45) is -1.56. The number of halogens is 1. The van der Waals surface area contributed by atoms with Gasteiger partial charge in [-0.3, -0.25) is 4.79 Å². The van der Waals surface area contributed by atoms with Crippen molar-refractivity contribution in [2.75, 3.05) is 0 Å². The molecule has 1 atom stereocenters. The van der Waals surface area contributed by atoms with Crippen molar-refractivity contribution in [3.05, 3.63) is 35.1 Å². The average molecular weight is 198 g/mol. The van der Waals surface area contributed by atoms with Gasteiger partial charge in [0.1, 0.15) is 5.82 Å². The van der Waals surface area contributed by atoms with Crippen molar-refractivity contribution in [3.63, 3.8) is 0 Å². The standard InChI is InChI=1S/C10H11FO3/c1-6-7(3-2-4-8(6)11)9(12)5-10(13)14/h2-4,9,12H,5H2,1H3,(H,13,14)/t9-/m1/s1. The fraction of sp³-hybridized carbons (Fsp3) is 0.300. The highest BCUT2D eigenvalue weighted by Crippen LogP contribution is 2.22. The molecule has 0 heterocycles. The van der Waals surface area contributed by atoms with Crippen LogP contribution in [0.25, 0.3) is 0 Å². The molecule has 1 rings (SSSR count). The second-order valence-electron chi connectivity index (χ2n) is 3.07. The van der Waals surface area contributed by atoms with Crippen molar-refractivity contribution < 1.29 is 19.4 Å². The molecule has 0 amide bonds. The first-order valence-electron chi connectivity index (χ1n) is 4.17. The third kappa shape index (κ3) is 2.29. The number of aliphatic carboxylic acids is 1. The van der Waals surface area contributed by atoms with Crippen LogP contribution in [0.1, 0.15) is 23.7 Å². The molecule has 1 aromatic rings. The molecule has 0 aliphatic heterocycles. The molecular formula is C10H11FO3. The number of aliphatic hydroxyl groups is 1. The fourth-order valence-electron chi connectivity index (χ4n) is 1.26. The zero-order chi connectivity index (χ0) is 10.7. The van der Waals surface area contributed by atoms with Gasteiger partial charge in [-0.05, 0) is 24.1 Å². The summed E-state index contributed by atoms with van der Waals surface area (Å²) in [6.45, 7) is 1.51. The summed E-state index contributed by atoms with van der Waals surface area (Å²) >= 11 is 0. The molecule has 0 saturated carbocycles. The van der Waals surface area contributed by atoms with Gasteiger partial charge in [-0.25, -0.2) is 4.39 Å². The highest BCUT2D eigenvalue weighted by molar-refractivity contribution is 5.67. The molecule has 0 fully saturated rings. The number of benzene rings is 1. The molecule has 0 radical (unpaired) electrons. The minimum atomic E-state index is -1.15. The van der Waals surface area contributed by atoms with Crippen molar-refractivity contribution in [1.29, 1.82) is 0 Å². The second kappa shape index (κ2) is 4.19. The Kier molecular flexibility index (Phi) is 3.19. The van der Waals surface area contributed by atoms with E-state index in [-0.39, 0.29) is 0 Å². The van der Waals surface area contributed by atoms with Crippen molar-refractivity contribution >= 4 is 5.97 Å². The van der Waals surface area contributed by atoms with Gasteiger partial charge in [0.15, 0.2) is 0 Å². The molecular weight excluding hydrogens is 187 g/mol. The van der Waals surface area contributed by atoms with E-state index >= 15 is 0 Å². The van der Waals surface area contributed by atoms with E-state index in [0.29, 0.717) is 11.1 Å². The smallest absolute Gasteiger partial charge is 0.306 e. The molecule has 0 unspecified atom stereocenters. The Bertz CT molecular complexity index is 349. The van der Waals surface area contributed by atoms with Crippen molar-refractivity contribution in [2.45, 2.75) is 19.4 Å². The number of carboxylic acid groups (broad SMARTS) is 1.